The van der Waals surface area contributed by atoms with Crippen molar-refractivity contribution in [1.29, 1.82) is 0 Å². The average molecular weight is 363 g/mol. The van der Waals surface area contributed by atoms with Crippen molar-refractivity contribution in [2.24, 2.45) is 0 Å². The predicted molar refractivity (Wildman–Crippen MR) is 91.1 cm³/mol. The normalized spacial score (nSPS) is 10.2. The molecule has 0 atom stereocenters. The highest BCUT2D eigenvalue weighted by Crippen LogP contribution is 2.28. The first-order chi connectivity index (χ1) is 12.5. The minimum atomic E-state index is -0.669. The van der Waals surface area contributed by atoms with Crippen LogP contribution in [0.3, 0.4) is 0 Å². The molecule has 138 valence electrons. The molecule has 0 aliphatic carbocycles. The summed E-state index contributed by atoms with van der Waals surface area (Å²) in [4.78, 5) is 22.4. The Labute approximate surface area is 149 Å². The van der Waals surface area contributed by atoms with Gasteiger partial charge in [0.15, 0.2) is 5.75 Å². The van der Waals surface area contributed by atoms with E-state index in [0.29, 0.717) is 12.2 Å². The van der Waals surface area contributed by atoms with E-state index in [9.17, 15) is 19.3 Å². The Kier molecular flexibility index (Phi) is 6.90. The molecule has 0 N–H and O–H groups in total. The zero-order valence-corrected chi connectivity index (χ0v) is 14.1. The summed E-state index contributed by atoms with van der Waals surface area (Å²) in [6.45, 7) is 2.35. The Morgan fingerprint density at radius 1 is 1.12 bits per heavy atom. The van der Waals surface area contributed by atoms with Crippen LogP contribution in [0, 0.1) is 15.9 Å². The zero-order chi connectivity index (χ0) is 18.9. The lowest BCUT2D eigenvalue weighted by molar-refractivity contribution is -0.385. The number of hydrogen-bond acceptors (Lipinski definition) is 6. The van der Waals surface area contributed by atoms with Gasteiger partial charge in [0.2, 0.25) is 0 Å². The quantitative estimate of drug-likeness (QED) is 0.292. The summed E-state index contributed by atoms with van der Waals surface area (Å²) in [7, 11) is 0. The van der Waals surface area contributed by atoms with Crippen LogP contribution in [-0.4, -0.2) is 30.7 Å². The number of rotatable bonds is 9. The van der Waals surface area contributed by atoms with Crippen molar-refractivity contribution in [3.63, 3.8) is 0 Å². The van der Waals surface area contributed by atoms with Gasteiger partial charge in [-0.25, -0.2) is 9.18 Å². The number of benzene rings is 2. The molecular formula is C18H18FNO6. The number of carbonyl (C=O) groups is 1. The molecule has 0 amide bonds. The van der Waals surface area contributed by atoms with Gasteiger partial charge >= 0.3 is 11.7 Å². The number of carbonyl (C=O) groups excluding carboxylic acids is 1. The summed E-state index contributed by atoms with van der Waals surface area (Å²) in [5, 5.41) is 11.1. The second-order valence-corrected chi connectivity index (χ2v) is 5.16. The highest BCUT2D eigenvalue weighted by atomic mass is 19.1. The SMILES string of the molecule is CCOc1ccc(C(=O)OCCCOc2ccc(F)cc2)cc1[N+](=O)[O-]. The van der Waals surface area contributed by atoms with Gasteiger partial charge in [0.25, 0.3) is 0 Å². The smallest absolute Gasteiger partial charge is 0.338 e. The van der Waals surface area contributed by atoms with Crippen molar-refractivity contribution in [1.82, 2.24) is 0 Å². The molecule has 0 bridgehead atoms. The van der Waals surface area contributed by atoms with E-state index in [1.807, 2.05) is 0 Å². The summed E-state index contributed by atoms with van der Waals surface area (Å²) in [6, 6.07) is 9.48. The van der Waals surface area contributed by atoms with E-state index in [0.717, 1.165) is 6.07 Å². The molecule has 2 aromatic carbocycles. The standard InChI is InChI=1S/C18H18FNO6/c1-2-24-17-9-4-13(12-16(17)20(22)23)18(21)26-11-3-10-25-15-7-5-14(19)6-8-15/h4-9,12H,2-3,10-11H2,1H3. The maximum Gasteiger partial charge on any atom is 0.338 e. The molecule has 0 saturated heterocycles. The Hall–Kier alpha value is -3.16. The maximum absolute atomic E-state index is 12.8. The molecule has 0 radical (unpaired) electrons. The largest absolute Gasteiger partial charge is 0.493 e. The van der Waals surface area contributed by atoms with E-state index in [2.05, 4.69) is 0 Å². The molecule has 0 spiro atoms. The van der Waals surface area contributed by atoms with Crippen LogP contribution in [0.15, 0.2) is 42.5 Å². The number of nitro groups is 1. The van der Waals surface area contributed by atoms with Gasteiger partial charge in [-0.2, -0.15) is 0 Å². The topological polar surface area (TPSA) is 87.9 Å². The fourth-order valence-corrected chi connectivity index (χ4v) is 2.09. The predicted octanol–water partition coefficient (Wildman–Crippen LogP) is 3.76. The Morgan fingerprint density at radius 2 is 1.85 bits per heavy atom. The molecule has 0 aliphatic heterocycles. The number of esters is 1. The van der Waals surface area contributed by atoms with E-state index in [1.54, 1.807) is 6.92 Å². The molecule has 8 heteroatoms. The van der Waals surface area contributed by atoms with Crippen LogP contribution in [0.25, 0.3) is 0 Å². The van der Waals surface area contributed by atoms with Gasteiger partial charge in [-0.05, 0) is 43.3 Å². The highest BCUT2D eigenvalue weighted by molar-refractivity contribution is 5.90. The molecule has 0 heterocycles. The molecule has 0 saturated carbocycles. The van der Waals surface area contributed by atoms with Crippen molar-refractivity contribution in [2.75, 3.05) is 19.8 Å². The number of ether oxygens (including phenoxy) is 3. The average Bonchev–Trinajstić information content (AvgIpc) is 2.63. The van der Waals surface area contributed by atoms with Crippen LogP contribution >= 0.6 is 0 Å². The summed E-state index contributed by atoms with van der Waals surface area (Å²) in [5.41, 5.74) is -0.222. The first-order valence-electron chi connectivity index (χ1n) is 7.98. The second kappa shape index (κ2) is 9.36. The summed E-state index contributed by atoms with van der Waals surface area (Å²) >= 11 is 0. The van der Waals surface area contributed by atoms with Crippen molar-refractivity contribution in [2.45, 2.75) is 13.3 Å². The fourth-order valence-electron chi connectivity index (χ4n) is 2.09. The van der Waals surface area contributed by atoms with E-state index in [1.165, 1.54) is 36.4 Å². The summed E-state index contributed by atoms with van der Waals surface area (Å²) in [6.07, 6.45) is 0.419. The van der Waals surface area contributed by atoms with Crippen LogP contribution in [-0.2, 0) is 4.74 Å². The number of halogens is 1. The number of nitrogens with zero attached hydrogens (tertiary/aromatic N) is 1. The van der Waals surface area contributed by atoms with Crippen LogP contribution in [0.1, 0.15) is 23.7 Å². The van der Waals surface area contributed by atoms with E-state index < -0.39 is 10.9 Å². The first-order valence-corrected chi connectivity index (χ1v) is 7.98. The zero-order valence-electron chi connectivity index (χ0n) is 14.1. The molecule has 2 aromatic rings. The minimum Gasteiger partial charge on any atom is -0.493 e. The Morgan fingerprint density at radius 3 is 2.50 bits per heavy atom. The first kappa shape index (κ1) is 19.2. The fraction of sp³-hybridized carbons (Fsp3) is 0.278. The Bertz CT molecular complexity index is 763. The highest BCUT2D eigenvalue weighted by Gasteiger charge is 2.19. The number of nitro benzene ring substituents is 1. The lowest BCUT2D eigenvalue weighted by Crippen LogP contribution is -2.10. The third-order valence-corrected chi connectivity index (χ3v) is 3.30. The minimum absolute atomic E-state index is 0.0691. The third kappa shape index (κ3) is 5.44. The van der Waals surface area contributed by atoms with Gasteiger partial charge in [0, 0.05) is 12.5 Å². The molecular weight excluding hydrogens is 345 g/mol. The van der Waals surface area contributed by atoms with Gasteiger partial charge < -0.3 is 14.2 Å². The van der Waals surface area contributed by atoms with Gasteiger partial charge in [0.1, 0.15) is 11.6 Å². The number of hydrogen-bond donors (Lipinski definition) is 0. The van der Waals surface area contributed by atoms with Crippen LogP contribution in [0.5, 0.6) is 11.5 Å². The van der Waals surface area contributed by atoms with Crippen molar-refractivity contribution < 1.29 is 28.3 Å². The summed E-state index contributed by atoms with van der Waals surface area (Å²) < 4.78 is 28.4. The van der Waals surface area contributed by atoms with Gasteiger partial charge in [-0.1, -0.05) is 0 Å². The molecule has 0 unspecified atom stereocenters. The maximum atomic E-state index is 12.8. The third-order valence-electron chi connectivity index (χ3n) is 3.30. The molecule has 0 fully saturated rings. The summed E-state index contributed by atoms with van der Waals surface area (Å²) in [5.74, 6) is -0.407. The van der Waals surface area contributed by atoms with Crippen molar-refractivity contribution >= 4 is 11.7 Å². The van der Waals surface area contributed by atoms with Crippen LogP contribution in [0.4, 0.5) is 10.1 Å². The van der Waals surface area contributed by atoms with E-state index in [4.69, 9.17) is 14.2 Å². The van der Waals surface area contributed by atoms with Gasteiger partial charge in [-0.15, -0.1) is 0 Å². The lowest BCUT2D eigenvalue weighted by atomic mass is 10.2. The monoisotopic (exact) mass is 363 g/mol. The lowest BCUT2D eigenvalue weighted by Gasteiger charge is -2.08. The Balaban J connectivity index is 1.82. The molecule has 26 heavy (non-hydrogen) atoms. The van der Waals surface area contributed by atoms with Crippen LogP contribution < -0.4 is 9.47 Å². The van der Waals surface area contributed by atoms with Gasteiger partial charge in [0.05, 0.1) is 30.3 Å². The molecule has 0 aromatic heterocycles. The van der Waals surface area contributed by atoms with Crippen molar-refractivity contribution in [3.05, 3.63) is 64.0 Å². The van der Waals surface area contributed by atoms with Gasteiger partial charge in [-0.3, -0.25) is 10.1 Å². The molecule has 7 nitrogen and oxygen atoms in total. The van der Waals surface area contributed by atoms with Crippen molar-refractivity contribution in [3.8, 4) is 11.5 Å². The van der Waals surface area contributed by atoms with E-state index in [-0.39, 0.29) is 42.6 Å². The molecule has 2 rings (SSSR count). The second-order valence-electron chi connectivity index (χ2n) is 5.16. The van der Waals surface area contributed by atoms with E-state index >= 15 is 0 Å². The van der Waals surface area contributed by atoms with Crippen LogP contribution in [0.2, 0.25) is 0 Å². The molecule has 0 aliphatic rings.